The van der Waals surface area contributed by atoms with Crippen LogP contribution in [0.1, 0.15) is 16.1 Å². The van der Waals surface area contributed by atoms with Crippen molar-refractivity contribution < 1.29 is 27.5 Å². The lowest BCUT2D eigenvalue weighted by molar-refractivity contribution is -0.139. The number of nitrogens with zero attached hydrogens (tertiary/aromatic N) is 1. The van der Waals surface area contributed by atoms with E-state index in [1.54, 1.807) is 0 Å². The lowest BCUT2D eigenvalue weighted by Gasteiger charge is -2.10. The maximum Gasteiger partial charge on any atom is 0.419 e. The topological polar surface area (TPSA) is 50.2 Å². The molecule has 2 rings (SSSR count). The van der Waals surface area contributed by atoms with Gasteiger partial charge in [-0.3, -0.25) is 0 Å². The summed E-state index contributed by atoms with van der Waals surface area (Å²) in [6, 6.07) is 5.01. The first kappa shape index (κ1) is 14.0. The molecule has 1 heterocycles. The number of rotatable bonds is 2. The molecule has 0 radical (unpaired) electrons. The summed E-state index contributed by atoms with van der Waals surface area (Å²) in [6.45, 7) is 0. The average molecular weight is 285 g/mol. The van der Waals surface area contributed by atoms with Crippen molar-refractivity contribution in [1.29, 1.82) is 0 Å². The van der Waals surface area contributed by atoms with Gasteiger partial charge in [0.25, 0.3) is 0 Å². The van der Waals surface area contributed by atoms with E-state index in [4.69, 9.17) is 5.11 Å². The van der Waals surface area contributed by atoms with Gasteiger partial charge in [0.15, 0.2) is 0 Å². The summed E-state index contributed by atoms with van der Waals surface area (Å²) in [5.41, 5.74) is -1.24. The van der Waals surface area contributed by atoms with Gasteiger partial charge in [-0.25, -0.2) is 14.2 Å². The number of hydrogen-bond donors (Lipinski definition) is 1. The van der Waals surface area contributed by atoms with Crippen LogP contribution in [0, 0.1) is 5.82 Å². The molecule has 2 aromatic rings. The van der Waals surface area contributed by atoms with E-state index in [1.807, 2.05) is 0 Å². The van der Waals surface area contributed by atoms with Gasteiger partial charge < -0.3 is 5.11 Å². The molecule has 0 atom stereocenters. The first-order valence-electron chi connectivity index (χ1n) is 5.35. The molecule has 0 aliphatic carbocycles. The predicted molar refractivity (Wildman–Crippen MR) is 61.6 cm³/mol. The van der Waals surface area contributed by atoms with Crippen molar-refractivity contribution in [1.82, 2.24) is 4.98 Å². The number of carboxylic acid groups (broad SMARTS) is 1. The Kier molecular flexibility index (Phi) is 3.44. The van der Waals surface area contributed by atoms with Crippen LogP contribution in [-0.4, -0.2) is 16.1 Å². The zero-order valence-electron chi connectivity index (χ0n) is 9.78. The molecule has 1 aromatic heterocycles. The lowest BCUT2D eigenvalue weighted by Crippen LogP contribution is -2.08. The maximum absolute atomic E-state index is 13.1. The van der Waals surface area contributed by atoms with Crippen molar-refractivity contribution in [2.45, 2.75) is 6.18 Å². The van der Waals surface area contributed by atoms with Crippen molar-refractivity contribution in [3.05, 3.63) is 53.6 Å². The molecular formula is C13H7F4NO2. The summed E-state index contributed by atoms with van der Waals surface area (Å²) in [7, 11) is 0. The van der Waals surface area contributed by atoms with E-state index in [9.17, 15) is 22.4 Å². The first-order chi connectivity index (χ1) is 9.29. The normalized spacial score (nSPS) is 11.4. The van der Waals surface area contributed by atoms with Crippen molar-refractivity contribution in [3.63, 3.8) is 0 Å². The van der Waals surface area contributed by atoms with Gasteiger partial charge in [0, 0.05) is 11.8 Å². The minimum Gasteiger partial charge on any atom is -0.477 e. The SMILES string of the molecule is O=C(O)c1ccc(-c2ccc(F)c(C(F)(F)F)c2)cn1. The van der Waals surface area contributed by atoms with Crippen LogP contribution in [0.15, 0.2) is 36.5 Å². The molecule has 3 nitrogen and oxygen atoms in total. The summed E-state index contributed by atoms with van der Waals surface area (Å²) in [5, 5.41) is 8.67. The van der Waals surface area contributed by atoms with E-state index in [-0.39, 0.29) is 16.8 Å². The van der Waals surface area contributed by atoms with E-state index in [0.29, 0.717) is 12.1 Å². The van der Waals surface area contributed by atoms with Crippen LogP contribution in [0.3, 0.4) is 0 Å². The Hall–Kier alpha value is -2.44. The van der Waals surface area contributed by atoms with Crippen LogP contribution in [0.4, 0.5) is 17.6 Å². The minimum absolute atomic E-state index is 0.100. The van der Waals surface area contributed by atoms with Gasteiger partial charge in [0.2, 0.25) is 0 Å². The van der Waals surface area contributed by atoms with Gasteiger partial charge in [-0.1, -0.05) is 12.1 Å². The van der Waals surface area contributed by atoms with Crippen LogP contribution >= 0.6 is 0 Å². The minimum atomic E-state index is -4.80. The van der Waals surface area contributed by atoms with E-state index in [2.05, 4.69) is 4.98 Å². The molecule has 0 unspecified atom stereocenters. The second-order valence-electron chi connectivity index (χ2n) is 3.93. The number of carbonyl (C=O) groups is 1. The predicted octanol–water partition coefficient (Wildman–Crippen LogP) is 3.60. The van der Waals surface area contributed by atoms with E-state index < -0.39 is 23.5 Å². The zero-order valence-corrected chi connectivity index (χ0v) is 9.78. The fourth-order valence-electron chi connectivity index (χ4n) is 1.61. The highest BCUT2D eigenvalue weighted by atomic mass is 19.4. The Morgan fingerprint density at radius 1 is 1.10 bits per heavy atom. The van der Waals surface area contributed by atoms with Crippen molar-refractivity contribution in [2.24, 2.45) is 0 Å². The summed E-state index contributed by atoms with van der Waals surface area (Å²) < 4.78 is 50.9. The third kappa shape index (κ3) is 2.76. The monoisotopic (exact) mass is 285 g/mol. The second-order valence-corrected chi connectivity index (χ2v) is 3.93. The van der Waals surface area contributed by atoms with Crippen LogP contribution in [0.25, 0.3) is 11.1 Å². The number of alkyl halides is 3. The molecule has 104 valence electrons. The standard InChI is InChI=1S/C13H7F4NO2/c14-10-3-1-7(5-9(10)13(15,16)17)8-2-4-11(12(19)20)18-6-8/h1-6H,(H,19,20). The van der Waals surface area contributed by atoms with Gasteiger partial charge in [-0.15, -0.1) is 0 Å². The fourth-order valence-corrected chi connectivity index (χ4v) is 1.61. The summed E-state index contributed by atoms with van der Waals surface area (Å²) in [6.07, 6.45) is -3.68. The van der Waals surface area contributed by atoms with Crippen LogP contribution in [0.5, 0.6) is 0 Å². The molecule has 0 spiro atoms. The number of aromatic carboxylic acids is 1. The highest BCUT2D eigenvalue weighted by molar-refractivity contribution is 5.85. The number of hydrogen-bond acceptors (Lipinski definition) is 2. The summed E-state index contributed by atoms with van der Waals surface area (Å²) >= 11 is 0. The molecular weight excluding hydrogens is 278 g/mol. The van der Waals surface area contributed by atoms with Gasteiger partial charge in [0.05, 0.1) is 5.56 Å². The highest BCUT2D eigenvalue weighted by Crippen LogP contribution is 2.34. The smallest absolute Gasteiger partial charge is 0.419 e. The number of aromatic nitrogens is 1. The Balaban J connectivity index is 2.45. The molecule has 0 aliphatic rings. The maximum atomic E-state index is 13.1. The second kappa shape index (κ2) is 4.92. The first-order valence-corrected chi connectivity index (χ1v) is 5.35. The fraction of sp³-hybridized carbons (Fsp3) is 0.0769. The van der Waals surface area contributed by atoms with E-state index in [1.165, 1.54) is 12.1 Å². The van der Waals surface area contributed by atoms with Crippen molar-refractivity contribution >= 4 is 5.97 Å². The molecule has 0 bridgehead atoms. The third-order valence-electron chi connectivity index (χ3n) is 2.59. The van der Waals surface area contributed by atoms with Gasteiger partial charge in [-0.2, -0.15) is 13.2 Å². The number of carboxylic acids is 1. The van der Waals surface area contributed by atoms with Crippen molar-refractivity contribution in [3.8, 4) is 11.1 Å². The Morgan fingerprint density at radius 3 is 2.25 bits per heavy atom. The third-order valence-corrected chi connectivity index (χ3v) is 2.59. The molecule has 0 aliphatic heterocycles. The molecule has 7 heteroatoms. The van der Waals surface area contributed by atoms with E-state index >= 15 is 0 Å². The molecule has 0 saturated carbocycles. The average Bonchev–Trinajstić information content (AvgIpc) is 2.38. The summed E-state index contributed by atoms with van der Waals surface area (Å²) in [4.78, 5) is 14.2. The Bertz CT molecular complexity index is 650. The van der Waals surface area contributed by atoms with Crippen LogP contribution < -0.4 is 0 Å². The number of pyridine rings is 1. The summed E-state index contributed by atoms with van der Waals surface area (Å²) in [5.74, 6) is -2.61. The van der Waals surface area contributed by atoms with Gasteiger partial charge >= 0.3 is 12.1 Å². The quantitative estimate of drug-likeness (QED) is 0.858. The van der Waals surface area contributed by atoms with Crippen LogP contribution in [0.2, 0.25) is 0 Å². The highest BCUT2D eigenvalue weighted by Gasteiger charge is 2.34. The van der Waals surface area contributed by atoms with Gasteiger partial charge in [-0.05, 0) is 23.8 Å². The zero-order chi connectivity index (χ0) is 14.9. The van der Waals surface area contributed by atoms with Crippen molar-refractivity contribution in [2.75, 3.05) is 0 Å². The molecule has 0 fully saturated rings. The number of halogens is 4. The molecule has 0 saturated heterocycles. The molecule has 1 N–H and O–H groups in total. The lowest BCUT2D eigenvalue weighted by atomic mass is 10.0. The largest absolute Gasteiger partial charge is 0.477 e. The molecule has 1 aromatic carbocycles. The Morgan fingerprint density at radius 2 is 1.75 bits per heavy atom. The van der Waals surface area contributed by atoms with Crippen LogP contribution in [-0.2, 0) is 6.18 Å². The molecule has 0 amide bonds. The van der Waals surface area contributed by atoms with E-state index in [0.717, 1.165) is 12.3 Å². The molecule has 20 heavy (non-hydrogen) atoms. The van der Waals surface area contributed by atoms with Gasteiger partial charge in [0.1, 0.15) is 11.5 Å². The number of benzene rings is 1. The Labute approximate surface area is 110 Å².